The number of ether oxygens (including phenoxy) is 1. The molecule has 1 amide bonds. The molecule has 0 aliphatic carbocycles. The normalized spacial score (nSPS) is 11.9. The van der Waals surface area contributed by atoms with Gasteiger partial charge in [-0.3, -0.25) is 9.89 Å². The maximum absolute atomic E-state index is 13.0. The Morgan fingerprint density at radius 2 is 2.04 bits per heavy atom. The third kappa shape index (κ3) is 3.67. The zero-order valence-electron chi connectivity index (χ0n) is 15.0. The molecule has 0 aliphatic heterocycles. The number of benzene rings is 1. The van der Waals surface area contributed by atoms with E-state index in [9.17, 15) is 4.79 Å². The summed E-state index contributed by atoms with van der Waals surface area (Å²) in [6.07, 6.45) is 0. The molecule has 0 fully saturated rings. The van der Waals surface area contributed by atoms with Crippen molar-refractivity contribution in [2.45, 2.75) is 33.7 Å². The molecule has 24 heavy (non-hydrogen) atoms. The molecular formula is C19H25N3O2. The van der Waals surface area contributed by atoms with Gasteiger partial charge in [0.15, 0.2) is 0 Å². The van der Waals surface area contributed by atoms with Crippen LogP contribution in [0.3, 0.4) is 0 Å². The molecule has 0 bridgehead atoms. The van der Waals surface area contributed by atoms with Crippen LogP contribution in [0.1, 0.15) is 47.2 Å². The lowest BCUT2D eigenvalue weighted by atomic mass is 10.0. The Balaban J connectivity index is 2.26. The minimum absolute atomic E-state index is 0.0835. The topological polar surface area (TPSA) is 58.2 Å². The first-order valence-electron chi connectivity index (χ1n) is 7.97. The number of aromatic nitrogens is 2. The lowest BCUT2D eigenvalue weighted by Crippen LogP contribution is -2.30. The molecule has 2 aromatic rings. The predicted octanol–water partition coefficient (Wildman–Crippen LogP) is 3.81. The van der Waals surface area contributed by atoms with Crippen LogP contribution >= 0.6 is 0 Å². The lowest BCUT2D eigenvalue weighted by molar-refractivity contribution is 0.0738. The number of carbonyl (C=O) groups is 1. The van der Waals surface area contributed by atoms with Gasteiger partial charge in [-0.05, 0) is 45.4 Å². The summed E-state index contributed by atoms with van der Waals surface area (Å²) in [6, 6.07) is 7.20. The van der Waals surface area contributed by atoms with E-state index in [2.05, 4.69) is 16.8 Å². The van der Waals surface area contributed by atoms with E-state index in [1.807, 2.05) is 45.9 Å². The largest absolute Gasteiger partial charge is 0.488 e. The first-order valence-corrected chi connectivity index (χ1v) is 7.97. The van der Waals surface area contributed by atoms with Crippen molar-refractivity contribution in [2.75, 3.05) is 13.7 Å². The van der Waals surface area contributed by atoms with E-state index in [-0.39, 0.29) is 11.9 Å². The van der Waals surface area contributed by atoms with Gasteiger partial charge in [0.1, 0.15) is 12.4 Å². The molecule has 0 saturated carbocycles. The van der Waals surface area contributed by atoms with E-state index in [1.165, 1.54) is 0 Å². The highest BCUT2D eigenvalue weighted by atomic mass is 16.5. The SMILES string of the molecule is C=C(C)COc1ccccc1C(=O)N(C)[C@H](C)c1c(C)n[nH]c1C. The van der Waals surface area contributed by atoms with Crippen LogP contribution in [-0.4, -0.2) is 34.7 Å². The number of carbonyl (C=O) groups excluding carboxylic acids is 1. The number of aryl methyl sites for hydroxylation is 2. The highest BCUT2D eigenvalue weighted by Crippen LogP contribution is 2.27. The summed E-state index contributed by atoms with van der Waals surface area (Å²) in [5.41, 5.74) is 4.39. The second kappa shape index (κ2) is 7.34. The number of para-hydroxylation sites is 1. The van der Waals surface area contributed by atoms with Gasteiger partial charge in [-0.15, -0.1) is 0 Å². The third-order valence-corrected chi connectivity index (χ3v) is 4.10. The van der Waals surface area contributed by atoms with Gasteiger partial charge >= 0.3 is 0 Å². The van der Waals surface area contributed by atoms with Crippen LogP contribution in [0.5, 0.6) is 5.75 Å². The van der Waals surface area contributed by atoms with Crippen molar-refractivity contribution in [1.82, 2.24) is 15.1 Å². The van der Waals surface area contributed by atoms with Crippen LogP contribution in [0, 0.1) is 13.8 Å². The standard InChI is InChI=1S/C19H25N3O2/c1-12(2)11-24-17-10-8-7-9-16(17)19(23)22(6)15(5)18-13(3)20-21-14(18)4/h7-10,15H,1,11H2,2-6H3,(H,20,21)/t15-/m1/s1. The zero-order valence-corrected chi connectivity index (χ0v) is 15.0. The molecule has 1 heterocycles. The van der Waals surface area contributed by atoms with Crippen molar-refractivity contribution in [3.8, 4) is 5.75 Å². The van der Waals surface area contributed by atoms with Crippen LogP contribution < -0.4 is 4.74 Å². The minimum Gasteiger partial charge on any atom is -0.488 e. The Morgan fingerprint density at radius 1 is 1.38 bits per heavy atom. The predicted molar refractivity (Wildman–Crippen MR) is 95.3 cm³/mol. The number of nitrogens with zero attached hydrogens (tertiary/aromatic N) is 2. The Kier molecular flexibility index (Phi) is 5.44. The van der Waals surface area contributed by atoms with E-state index in [4.69, 9.17) is 4.74 Å². The molecule has 1 atom stereocenters. The van der Waals surface area contributed by atoms with Gasteiger partial charge in [-0.1, -0.05) is 18.7 Å². The molecule has 128 valence electrons. The second-order valence-corrected chi connectivity index (χ2v) is 6.18. The van der Waals surface area contributed by atoms with Gasteiger partial charge in [0.2, 0.25) is 0 Å². The molecule has 0 spiro atoms. The average molecular weight is 327 g/mol. The van der Waals surface area contributed by atoms with E-state index < -0.39 is 0 Å². The van der Waals surface area contributed by atoms with Crippen molar-refractivity contribution < 1.29 is 9.53 Å². The molecule has 0 radical (unpaired) electrons. The van der Waals surface area contributed by atoms with E-state index in [0.29, 0.717) is 17.9 Å². The van der Waals surface area contributed by atoms with Gasteiger partial charge < -0.3 is 9.64 Å². The number of rotatable bonds is 6. The van der Waals surface area contributed by atoms with Crippen LogP contribution in [0.2, 0.25) is 0 Å². The number of hydrogen-bond acceptors (Lipinski definition) is 3. The zero-order chi connectivity index (χ0) is 17.9. The highest BCUT2D eigenvalue weighted by Gasteiger charge is 2.25. The molecule has 0 unspecified atom stereocenters. The first-order chi connectivity index (χ1) is 11.3. The summed E-state index contributed by atoms with van der Waals surface area (Å²) < 4.78 is 5.72. The maximum Gasteiger partial charge on any atom is 0.257 e. The second-order valence-electron chi connectivity index (χ2n) is 6.18. The van der Waals surface area contributed by atoms with Crippen molar-refractivity contribution in [3.05, 3.63) is 58.9 Å². The van der Waals surface area contributed by atoms with Crippen LogP contribution in [-0.2, 0) is 0 Å². The summed E-state index contributed by atoms with van der Waals surface area (Å²) in [5, 5.41) is 7.19. The Bertz CT molecular complexity index is 729. The Hall–Kier alpha value is -2.56. The van der Waals surface area contributed by atoms with Gasteiger partial charge in [-0.25, -0.2) is 0 Å². The summed E-state index contributed by atoms with van der Waals surface area (Å²) in [5.74, 6) is 0.491. The third-order valence-electron chi connectivity index (χ3n) is 4.10. The molecule has 0 saturated heterocycles. The van der Waals surface area contributed by atoms with E-state index in [1.54, 1.807) is 18.0 Å². The van der Waals surface area contributed by atoms with Crippen molar-refractivity contribution in [3.63, 3.8) is 0 Å². The molecular weight excluding hydrogens is 302 g/mol. The number of amides is 1. The molecule has 1 aromatic heterocycles. The van der Waals surface area contributed by atoms with Crippen molar-refractivity contribution in [1.29, 1.82) is 0 Å². The summed E-state index contributed by atoms with van der Waals surface area (Å²) in [7, 11) is 1.80. The summed E-state index contributed by atoms with van der Waals surface area (Å²) >= 11 is 0. The van der Waals surface area contributed by atoms with Crippen molar-refractivity contribution in [2.24, 2.45) is 0 Å². The number of aromatic amines is 1. The van der Waals surface area contributed by atoms with Crippen LogP contribution in [0.15, 0.2) is 36.4 Å². The van der Waals surface area contributed by atoms with Gasteiger partial charge in [-0.2, -0.15) is 5.10 Å². The first kappa shape index (κ1) is 17.8. The number of nitrogens with one attached hydrogen (secondary N) is 1. The smallest absolute Gasteiger partial charge is 0.257 e. The van der Waals surface area contributed by atoms with Gasteiger partial charge in [0.05, 0.1) is 17.3 Å². The quantitative estimate of drug-likeness (QED) is 0.821. The average Bonchev–Trinajstić information content (AvgIpc) is 2.89. The monoisotopic (exact) mass is 327 g/mol. The lowest BCUT2D eigenvalue weighted by Gasteiger charge is -2.26. The summed E-state index contributed by atoms with van der Waals surface area (Å²) in [4.78, 5) is 14.7. The number of H-pyrrole nitrogens is 1. The van der Waals surface area contributed by atoms with Gasteiger partial charge in [0, 0.05) is 18.3 Å². The van der Waals surface area contributed by atoms with Crippen molar-refractivity contribution >= 4 is 5.91 Å². The van der Waals surface area contributed by atoms with E-state index in [0.717, 1.165) is 22.5 Å². The molecule has 0 aliphatic rings. The van der Waals surface area contributed by atoms with E-state index >= 15 is 0 Å². The highest BCUT2D eigenvalue weighted by molar-refractivity contribution is 5.97. The fraction of sp³-hybridized carbons (Fsp3) is 0.368. The Labute approximate surface area is 143 Å². The maximum atomic E-state index is 13.0. The molecule has 5 nitrogen and oxygen atoms in total. The molecule has 1 N–H and O–H groups in total. The fourth-order valence-corrected chi connectivity index (χ4v) is 2.70. The fourth-order valence-electron chi connectivity index (χ4n) is 2.70. The van der Waals surface area contributed by atoms with Crippen LogP contribution in [0.25, 0.3) is 0 Å². The number of hydrogen-bond donors (Lipinski definition) is 1. The van der Waals surface area contributed by atoms with Crippen LogP contribution in [0.4, 0.5) is 0 Å². The van der Waals surface area contributed by atoms with Gasteiger partial charge in [0.25, 0.3) is 5.91 Å². The summed E-state index contributed by atoms with van der Waals surface area (Å²) in [6.45, 7) is 12.0. The Morgan fingerprint density at radius 3 is 2.62 bits per heavy atom. The minimum atomic E-state index is -0.0922. The molecule has 2 rings (SSSR count). The molecule has 5 heteroatoms. The molecule has 1 aromatic carbocycles.